The summed E-state index contributed by atoms with van der Waals surface area (Å²) in [6.07, 6.45) is 2.33. The van der Waals surface area contributed by atoms with Crippen LogP contribution in [0.5, 0.6) is 0 Å². The Bertz CT molecular complexity index is 513. The van der Waals surface area contributed by atoms with Gasteiger partial charge in [-0.3, -0.25) is 16.0 Å². The summed E-state index contributed by atoms with van der Waals surface area (Å²) in [4.78, 5) is 13.3. The Kier molecular flexibility index (Phi) is 3.45. The number of nitrogens with two attached hydrogens (primary N) is 1. The first kappa shape index (κ1) is 13.1. The Hall–Kier alpha value is -1.86. The molecule has 1 unspecified atom stereocenters. The molecule has 3 heterocycles. The maximum atomic E-state index is 11.3. The van der Waals surface area contributed by atoms with Gasteiger partial charge in [0.1, 0.15) is 11.4 Å². The number of nitrogens with one attached hydrogen (secondary N) is 2. The number of nitrogen functional groups attached to an aromatic ring is 1. The molecule has 4 rings (SSSR count). The monoisotopic (exact) mass is 277 g/mol. The number of nitrogens with zero attached hydrogens (tertiary/aromatic N) is 2. The standard InChI is InChI=1S/C13H19N5O2/c14-16-11-3-1-2-10(13(11)18(19)20)15-12-8-17-6-4-9(12)5-7-17/h1-3,9,12,15-16H,4-8,14H2. The summed E-state index contributed by atoms with van der Waals surface area (Å²) in [5.74, 6) is 5.97. The molecule has 20 heavy (non-hydrogen) atoms. The zero-order chi connectivity index (χ0) is 14.1. The highest BCUT2D eigenvalue weighted by Gasteiger charge is 2.35. The van der Waals surface area contributed by atoms with E-state index in [0.717, 1.165) is 19.6 Å². The molecule has 3 aliphatic heterocycles. The van der Waals surface area contributed by atoms with E-state index in [2.05, 4.69) is 15.6 Å². The molecule has 1 aromatic rings. The summed E-state index contributed by atoms with van der Waals surface area (Å²) in [6.45, 7) is 3.26. The first-order chi connectivity index (χ1) is 9.69. The lowest BCUT2D eigenvalue weighted by Gasteiger charge is -2.45. The highest BCUT2D eigenvalue weighted by atomic mass is 16.6. The molecule has 3 saturated heterocycles. The van der Waals surface area contributed by atoms with E-state index in [9.17, 15) is 10.1 Å². The van der Waals surface area contributed by atoms with Crippen LogP contribution in [-0.4, -0.2) is 35.5 Å². The fraction of sp³-hybridized carbons (Fsp3) is 0.538. The molecule has 0 spiro atoms. The van der Waals surface area contributed by atoms with Gasteiger partial charge in [0.25, 0.3) is 0 Å². The molecule has 3 aliphatic rings. The largest absolute Gasteiger partial charge is 0.375 e. The maximum Gasteiger partial charge on any atom is 0.316 e. The van der Waals surface area contributed by atoms with Crippen LogP contribution in [0.15, 0.2) is 18.2 Å². The van der Waals surface area contributed by atoms with Gasteiger partial charge < -0.3 is 15.6 Å². The van der Waals surface area contributed by atoms with Crippen molar-refractivity contribution in [1.29, 1.82) is 0 Å². The molecule has 0 amide bonds. The van der Waals surface area contributed by atoms with Crippen LogP contribution < -0.4 is 16.6 Å². The number of fused-ring (bicyclic) bond motifs is 3. The molecular formula is C13H19N5O2. The second kappa shape index (κ2) is 5.26. The van der Waals surface area contributed by atoms with Crippen LogP contribution in [0.3, 0.4) is 0 Å². The van der Waals surface area contributed by atoms with E-state index in [4.69, 9.17) is 5.84 Å². The van der Waals surface area contributed by atoms with Gasteiger partial charge in [0.2, 0.25) is 0 Å². The average molecular weight is 277 g/mol. The van der Waals surface area contributed by atoms with Gasteiger partial charge in [-0.15, -0.1) is 0 Å². The van der Waals surface area contributed by atoms with E-state index in [1.807, 2.05) is 0 Å². The van der Waals surface area contributed by atoms with Crippen molar-refractivity contribution in [3.05, 3.63) is 28.3 Å². The van der Waals surface area contributed by atoms with Crippen LogP contribution >= 0.6 is 0 Å². The Balaban J connectivity index is 1.85. The number of rotatable bonds is 4. The van der Waals surface area contributed by atoms with Crippen LogP contribution in [0.2, 0.25) is 0 Å². The average Bonchev–Trinajstić information content (AvgIpc) is 2.48. The molecule has 108 valence electrons. The third-order valence-electron chi connectivity index (χ3n) is 4.37. The van der Waals surface area contributed by atoms with Gasteiger partial charge in [-0.2, -0.15) is 0 Å². The number of hydrogen-bond donors (Lipinski definition) is 3. The van der Waals surface area contributed by atoms with Crippen molar-refractivity contribution >= 4 is 17.1 Å². The van der Waals surface area contributed by atoms with E-state index < -0.39 is 0 Å². The van der Waals surface area contributed by atoms with Gasteiger partial charge in [0, 0.05) is 12.6 Å². The van der Waals surface area contributed by atoms with Gasteiger partial charge >= 0.3 is 5.69 Å². The number of benzene rings is 1. The number of nitro benzene ring substituents is 1. The van der Waals surface area contributed by atoms with Crippen LogP contribution in [0.25, 0.3) is 0 Å². The van der Waals surface area contributed by atoms with Crippen molar-refractivity contribution in [3.8, 4) is 0 Å². The molecule has 7 nitrogen and oxygen atoms in total. The van der Waals surface area contributed by atoms with Crippen LogP contribution in [0, 0.1) is 16.0 Å². The van der Waals surface area contributed by atoms with Crippen LogP contribution in [0.4, 0.5) is 17.1 Å². The van der Waals surface area contributed by atoms with E-state index in [0.29, 0.717) is 17.3 Å². The molecule has 0 aromatic heterocycles. The van der Waals surface area contributed by atoms with E-state index >= 15 is 0 Å². The lowest BCUT2D eigenvalue weighted by Crippen LogP contribution is -2.53. The fourth-order valence-corrected chi connectivity index (χ4v) is 3.30. The van der Waals surface area contributed by atoms with Gasteiger partial charge in [-0.1, -0.05) is 6.07 Å². The minimum Gasteiger partial charge on any atom is -0.375 e. The molecule has 0 radical (unpaired) electrons. The van der Waals surface area contributed by atoms with E-state index in [1.165, 1.54) is 12.8 Å². The van der Waals surface area contributed by atoms with Gasteiger partial charge in [0.05, 0.1) is 4.92 Å². The minimum atomic E-state index is -0.390. The van der Waals surface area contributed by atoms with Crippen molar-refractivity contribution in [1.82, 2.24) is 4.90 Å². The van der Waals surface area contributed by atoms with Gasteiger partial charge in [-0.05, 0) is 44.0 Å². The summed E-state index contributed by atoms with van der Waals surface area (Å²) in [5, 5.41) is 14.6. The summed E-state index contributed by atoms with van der Waals surface area (Å²) in [5.41, 5.74) is 3.30. The second-order valence-corrected chi connectivity index (χ2v) is 5.49. The zero-order valence-electron chi connectivity index (χ0n) is 11.2. The fourth-order valence-electron chi connectivity index (χ4n) is 3.30. The SMILES string of the molecule is NNc1cccc(NC2CN3CCC2CC3)c1[N+](=O)[O-]. The second-order valence-electron chi connectivity index (χ2n) is 5.49. The molecule has 7 heteroatoms. The molecule has 0 aliphatic carbocycles. The number of piperidine rings is 3. The predicted octanol–water partition coefficient (Wildman–Crippen LogP) is 1.39. The Morgan fingerprint density at radius 1 is 1.30 bits per heavy atom. The van der Waals surface area contributed by atoms with Crippen molar-refractivity contribution < 1.29 is 4.92 Å². The molecule has 1 atom stereocenters. The van der Waals surface area contributed by atoms with Crippen LogP contribution in [0.1, 0.15) is 12.8 Å². The zero-order valence-corrected chi connectivity index (χ0v) is 11.2. The van der Waals surface area contributed by atoms with Crippen molar-refractivity contribution in [2.24, 2.45) is 11.8 Å². The quantitative estimate of drug-likeness (QED) is 0.437. The topological polar surface area (TPSA) is 96.5 Å². The summed E-state index contributed by atoms with van der Waals surface area (Å²) >= 11 is 0. The van der Waals surface area contributed by atoms with Crippen LogP contribution in [-0.2, 0) is 0 Å². The summed E-state index contributed by atoms with van der Waals surface area (Å²) in [6, 6.07) is 5.41. The Morgan fingerprint density at radius 3 is 2.55 bits per heavy atom. The number of para-hydroxylation sites is 1. The third-order valence-corrected chi connectivity index (χ3v) is 4.37. The highest BCUT2D eigenvalue weighted by molar-refractivity contribution is 5.76. The minimum absolute atomic E-state index is 0.0199. The lowest BCUT2D eigenvalue weighted by atomic mass is 9.84. The predicted molar refractivity (Wildman–Crippen MR) is 77.5 cm³/mol. The third kappa shape index (κ3) is 2.30. The first-order valence-electron chi connectivity index (χ1n) is 6.92. The first-order valence-corrected chi connectivity index (χ1v) is 6.92. The molecule has 0 saturated carbocycles. The van der Waals surface area contributed by atoms with Crippen molar-refractivity contribution in [2.75, 3.05) is 30.4 Å². The Labute approximate surface area is 117 Å². The summed E-state index contributed by atoms with van der Waals surface area (Å²) in [7, 11) is 0. The number of anilines is 2. The Morgan fingerprint density at radius 2 is 2.00 bits per heavy atom. The van der Waals surface area contributed by atoms with Gasteiger partial charge in [0.15, 0.2) is 0 Å². The number of hydrazine groups is 1. The smallest absolute Gasteiger partial charge is 0.316 e. The molecular weight excluding hydrogens is 258 g/mol. The lowest BCUT2D eigenvalue weighted by molar-refractivity contribution is -0.383. The van der Waals surface area contributed by atoms with Crippen molar-refractivity contribution in [2.45, 2.75) is 18.9 Å². The normalized spacial score (nSPS) is 28.1. The highest BCUT2D eigenvalue weighted by Crippen LogP contribution is 2.36. The maximum absolute atomic E-state index is 11.3. The van der Waals surface area contributed by atoms with E-state index in [1.54, 1.807) is 18.2 Å². The molecule has 2 bridgehead atoms. The van der Waals surface area contributed by atoms with E-state index in [-0.39, 0.29) is 16.7 Å². The summed E-state index contributed by atoms with van der Waals surface area (Å²) < 4.78 is 0. The van der Waals surface area contributed by atoms with Gasteiger partial charge in [-0.25, -0.2) is 0 Å². The van der Waals surface area contributed by atoms with Crippen molar-refractivity contribution in [3.63, 3.8) is 0 Å². The number of hydrogen-bond acceptors (Lipinski definition) is 6. The molecule has 3 fully saturated rings. The molecule has 1 aromatic carbocycles. The number of nitro groups is 1. The molecule has 4 N–H and O–H groups in total.